The number of hydrogen-bond donors (Lipinski definition) is 2. The smallest absolute Gasteiger partial charge is 0.272 e. The summed E-state index contributed by atoms with van der Waals surface area (Å²) in [6, 6.07) is 9.20. The van der Waals surface area contributed by atoms with E-state index in [-0.39, 0.29) is 11.8 Å². The maximum atomic E-state index is 13.5. The third-order valence-corrected chi connectivity index (χ3v) is 6.17. The number of carbonyl (C=O) groups excluding carboxylic acids is 2. The minimum absolute atomic E-state index is 0.224. The van der Waals surface area contributed by atoms with Gasteiger partial charge in [-0.05, 0) is 55.8 Å². The minimum atomic E-state index is -0.678. The number of imidazole rings is 1. The van der Waals surface area contributed by atoms with Gasteiger partial charge in [-0.25, -0.2) is 9.67 Å². The Morgan fingerprint density at radius 3 is 2.47 bits per heavy atom. The van der Waals surface area contributed by atoms with Gasteiger partial charge >= 0.3 is 0 Å². The highest BCUT2D eigenvalue weighted by molar-refractivity contribution is 5.97. The van der Waals surface area contributed by atoms with E-state index in [4.69, 9.17) is 4.98 Å². The van der Waals surface area contributed by atoms with Crippen LogP contribution in [-0.4, -0.2) is 62.7 Å². The largest absolute Gasteiger partial charge is 0.357 e. The van der Waals surface area contributed by atoms with Gasteiger partial charge in [-0.2, -0.15) is 5.10 Å². The van der Waals surface area contributed by atoms with Gasteiger partial charge in [0.15, 0.2) is 5.69 Å². The average molecular weight is 464 g/mol. The van der Waals surface area contributed by atoms with Crippen LogP contribution >= 0.6 is 0 Å². The molecular weight excluding hydrogens is 430 g/mol. The molecule has 2 amide bonds. The number of hydrogen-bond acceptors (Lipinski definition) is 5. The lowest BCUT2D eigenvalue weighted by Gasteiger charge is -2.29. The van der Waals surface area contributed by atoms with Crippen LogP contribution in [0.15, 0.2) is 42.7 Å². The number of carbonyl (C=O) groups is 2. The Kier molecular flexibility index (Phi) is 6.56. The molecule has 2 N–H and O–H groups in total. The van der Waals surface area contributed by atoms with Crippen LogP contribution in [0, 0.1) is 5.41 Å². The van der Waals surface area contributed by atoms with E-state index in [1.807, 2.05) is 64.3 Å². The minimum Gasteiger partial charge on any atom is -0.357 e. The van der Waals surface area contributed by atoms with E-state index >= 15 is 0 Å². The molecule has 1 aliphatic heterocycles. The average Bonchev–Trinajstić information content (AvgIpc) is 3.41. The first-order chi connectivity index (χ1) is 16.2. The van der Waals surface area contributed by atoms with Crippen molar-refractivity contribution in [2.24, 2.45) is 5.41 Å². The summed E-state index contributed by atoms with van der Waals surface area (Å²) in [5, 5.41) is 9.89. The van der Waals surface area contributed by atoms with Crippen LogP contribution in [0.1, 0.15) is 43.4 Å². The van der Waals surface area contributed by atoms with Crippen LogP contribution in [0.5, 0.6) is 0 Å². The van der Waals surface area contributed by atoms with Crippen molar-refractivity contribution in [2.75, 3.05) is 20.6 Å². The predicted octanol–water partition coefficient (Wildman–Crippen LogP) is 2.46. The first kappa shape index (κ1) is 23.7. The van der Waals surface area contributed by atoms with Gasteiger partial charge in [-0.15, -0.1) is 0 Å². The fourth-order valence-electron chi connectivity index (χ4n) is 4.33. The first-order valence-electron chi connectivity index (χ1n) is 11.6. The molecule has 9 nitrogen and oxygen atoms in total. The third kappa shape index (κ3) is 4.75. The van der Waals surface area contributed by atoms with E-state index in [2.05, 4.69) is 25.2 Å². The zero-order valence-corrected chi connectivity index (χ0v) is 20.5. The molecule has 1 unspecified atom stereocenters. The molecule has 3 heterocycles. The van der Waals surface area contributed by atoms with Gasteiger partial charge in [0.1, 0.15) is 11.9 Å². The summed E-state index contributed by atoms with van der Waals surface area (Å²) in [7, 11) is 3.63. The summed E-state index contributed by atoms with van der Waals surface area (Å²) in [5.74, 6) is 0.203. The predicted molar refractivity (Wildman–Crippen MR) is 131 cm³/mol. The lowest BCUT2D eigenvalue weighted by molar-refractivity contribution is -0.124. The lowest BCUT2D eigenvalue weighted by Crippen LogP contribution is -2.53. The van der Waals surface area contributed by atoms with Crippen molar-refractivity contribution in [3.63, 3.8) is 0 Å². The Morgan fingerprint density at radius 2 is 1.85 bits per heavy atom. The second-order valence-electron chi connectivity index (χ2n) is 9.86. The quantitative estimate of drug-likeness (QED) is 0.606. The molecule has 2 aromatic heterocycles. The van der Waals surface area contributed by atoms with Crippen LogP contribution < -0.4 is 10.6 Å². The summed E-state index contributed by atoms with van der Waals surface area (Å²) in [6.45, 7) is 8.11. The molecule has 1 atom stereocenters. The molecule has 1 aromatic carbocycles. The van der Waals surface area contributed by atoms with E-state index in [1.54, 1.807) is 17.9 Å². The molecule has 0 aliphatic carbocycles. The summed E-state index contributed by atoms with van der Waals surface area (Å²) in [6.07, 6.45) is 4.60. The van der Waals surface area contributed by atoms with Crippen molar-refractivity contribution in [2.45, 2.75) is 46.3 Å². The summed E-state index contributed by atoms with van der Waals surface area (Å²) < 4.78 is 3.95. The third-order valence-electron chi connectivity index (χ3n) is 6.17. The van der Waals surface area contributed by atoms with E-state index in [0.29, 0.717) is 12.2 Å². The highest BCUT2D eigenvalue weighted by Crippen LogP contribution is 2.28. The second-order valence-corrected chi connectivity index (χ2v) is 9.86. The summed E-state index contributed by atoms with van der Waals surface area (Å²) in [5.41, 5.74) is 2.67. The van der Waals surface area contributed by atoms with E-state index in [9.17, 15) is 9.59 Å². The van der Waals surface area contributed by atoms with Gasteiger partial charge < -0.3 is 20.1 Å². The Balaban J connectivity index is 1.72. The number of rotatable bonds is 5. The molecule has 0 saturated carbocycles. The molecule has 34 heavy (non-hydrogen) atoms. The molecule has 1 aliphatic rings. The lowest BCUT2D eigenvalue weighted by atomic mass is 9.86. The van der Waals surface area contributed by atoms with E-state index in [1.165, 1.54) is 0 Å². The van der Waals surface area contributed by atoms with Gasteiger partial charge in [0.05, 0.1) is 11.4 Å². The fourth-order valence-corrected chi connectivity index (χ4v) is 4.33. The molecular formula is C25H33N7O2. The molecule has 0 spiro atoms. The van der Waals surface area contributed by atoms with Crippen LogP contribution in [0.25, 0.3) is 17.1 Å². The SMILES string of the molecule is CNC(=O)C(NC(=O)c1nc(-c2ccc(-n3cccn3)cc2)n2c1CN(C)CCC2)C(C)(C)C. The molecule has 3 aromatic rings. The Labute approximate surface area is 200 Å². The highest BCUT2D eigenvalue weighted by Gasteiger charge is 2.34. The van der Waals surface area contributed by atoms with Gasteiger partial charge in [0.2, 0.25) is 5.91 Å². The second kappa shape index (κ2) is 9.42. The summed E-state index contributed by atoms with van der Waals surface area (Å²) in [4.78, 5) is 33.0. The summed E-state index contributed by atoms with van der Waals surface area (Å²) >= 11 is 0. The Hall–Kier alpha value is -3.46. The van der Waals surface area contributed by atoms with Crippen LogP contribution in [0.2, 0.25) is 0 Å². The standard InChI is InChI=1S/C25H33N7O2/c1-25(2,3)21(24(34)26-4)29-23(33)20-19-16-30(5)13-7-14-31(19)22(28-20)17-8-10-18(11-9-17)32-15-6-12-27-32/h6,8-12,15,21H,7,13-14,16H2,1-5H3,(H,26,34)(H,29,33). The van der Waals surface area contributed by atoms with E-state index < -0.39 is 11.5 Å². The normalized spacial score (nSPS) is 15.3. The fraction of sp³-hybridized carbons (Fsp3) is 0.440. The number of nitrogens with zero attached hydrogens (tertiary/aromatic N) is 5. The van der Waals surface area contributed by atoms with Gasteiger partial charge in [0, 0.05) is 38.1 Å². The number of benzene rings is 1. The van der Waals surface area contributed by atoms with Crippen molar-refractivity contribution in [3.05, 3.63) is 54.1 Å². The monoisotopic (exact) mass is 463 g/mol. The van der Waals surface area contributed by atoms with E-state index in [0.717, 1.165) is 42.3 Å². The van der Waals surface area contributed by atoms with Crippen molar-refractivity contribution in [1.29, 1.82) is 0 Å². The van der Waals surface area contributed by atoms with Crippen LogP contribution in [0.4, 0.5) is 0 Å². The maximum absolute atomic E-state index is 13.5. The number of aromatic nitrogens is 4. The topological polar surface area (TPSA) is 97.1 Å². The van der Waals surface area contributed by atoms with Gasteiger partial charge in [-0.3, -0.25) is 9.59 Å². The van der Waals surface area contributed by atoms with Crippen molar-refractivity contribution >= 4 is 11.8 Å². The number of nitrogens with one attached hydrogen (secondary N) is 2. The molecule has 4 rings (SSSR count). The van der Waals surface area contributed by atoms with Gasteiger partial charge in [0.25, 0.3) is 5.91 Å². The van der Waals surface area contributed by atoms with Gasteiger partial charge in [-0.1, -0.05) is 20.8 Å². The highest BCUT2D eigenvalue weighted by atomic mass is 16.2. The van der Waals surface area contributed by atoms with Crippen LogP contribution in [-0.2, 0) is 17.9 Å². The Bertz CT molecular complexity index is 1160. The zero-order chi connectivity index (χ0) is 24.5. The Morgan fingerprint density at radius 1 is 1.12 bits per heavy atom. The zero-order valence-electron chi connectivity index (χ0n) is 20.5. The van der Waals surface area contributed by atoms with Crippen LogP contribution in [0.3, 0.4) is 0 Å². The molecule has 0 saturated heterocycles. The molecule has 9 heteroatoms. The van der Waals surface area contributed by atoms with Crippen molar-refractivity contribution < 1.29 is 9.59 Å². The first-order valence-corrected chi connectivity index (χ1v) is 11.6. The maximum Gasteiger partial charge on any atom is 0.272 e. The van der Waals surface area contributed by atoms with Crippen molar-refractivity contribution in [3.8, 4) is 17.1 Å². The number of fused-ring (bicyclic) bond motifs is 1. The molecule has 0 bridgehead atoms. The molecule has 0 fully saturated rings. The molecule has 0 radical (unpaired) electrons. The number of likely N-dealkylation sites (N-methyl/N-ethyl adjacent to an activating group) is 1. The van der Waals surface area contributed by atoms with Crippen molar-refractivity contribution in [1.82, 2.24) is 34.9 Å². The molecule has 180 valence electrons. The number of amides is 2.